The molecule has 1 aromatic carbocycles. The SMILES string of the molecule is O=C(O)CC1(c2cc3c(cc2O)CCCC3)CC1. The van der Waals surface area contributed by atoms with Crippen molar-refractivity contribution in [1.82, 2.24) is 0 Å². The van der Waals surface area contributed by atoms with Gasteiger partial charge in [-0.2, -0.15) is 0 Å². The Morgan fingerprint density at radius 2 is 1.78 bits per heavy atom. The van der Waals surface area contributed by atoms with E-state index in [4.69, 9.17) is 5.11 Å². The third kappa shape index (κ3) is 1.88. The van der Waals surface area contributed by atoms with Crippen molar-refractivity contribution in [3.8, 4) is 5.75 Å². The lowest BCUT2D eigenvalue weighted by Gasteiger charge is -2.21. The second-order valence-corrected chi connectivity index (χ2v) is 5.70. The molecule has 0 bridgehead atoms. The fourth-order valence-electron chi connectivity index (χ4n) is 3.18. The molecule has 2 N–H and O–H groups in total. The van der Waals surface area contributed by atoms with Gasteiger partial charge in [-0.15, -0.1) is 0 Å². The second kappa shape index (κ2) is 4.01. The zero-order valence-electron chi connectivity index (χ0n) is 10.4. The van der Waals surface area contributed by atoms with Gasteiger partial charge in [0.25, 0.3) is 0 Å². The van der Waals surface area contributed by atoms with Crippen LogP contribution in [0, 0.1) is 0 Å². The van der Waals surface area contributed by atoms with Gasteiger partial charge in [-0.1, -0.05) is 6.07 Å². The van der Waals surface area contributed by atoms with Crippen molar-refractivity contribution in [2.45, 2.75) is 50.4 Å². The number of phenolic OH excluding ortho intramolecular Hbond substituents is 1. The molecule has 0 heterocycles. The first kappa shape index (κ1) is 11.6. The van der Waals surface area contributed by atoms with Crippen LogP contribution in [0.25, 0.3) is 0 Å². The zero-order chi connectivity index (χ0) is 12.8. The number of phenols is 1. The van der Waals surface area contributed by atoms with Gasteiger partial charge < -0.3 is 10.2 Å². The number of carboxylic acid groups (broad SMARTS) is 1. The van der Waals surface area contributed by atoms with E-state index in [1.807, 2.05) is 6.07 Å². The molecule has 3 rings (SSSR count). The predicted molar refractivity (Wildman–Crippen MR) is 67.9 cm³/mol. The average molecular weight is 246 g/mol. The Labute approximate surface area is 106 Å². The normalized spacial score (nSPS) is 20.2. The predicted octanol–water partition coefficient (Wildman–Crippen LogP) is 2.78. The van der Waals surface area contributed by atoms with Gasteiger partial charge in [0, 0.05) is 11.0 Å². The molecule has 2 aliphatic rings. The van der Waals surface area contributed by atoms with Crippen molar-refractivity contribution in [2.24, 2.45) is 0 Å². The van der Waals surface area contributed by atoms with Crippen LogP contribution in [0.1, 0.15) is 48.8 Å². The highest BCUT2D eigenvalue weighted by Gasteiger charge is 2.47. The largest absolute Gasteiger partial charge is 0.508 e. The van der Waals surface area contributed by atoms with Crippen LogP contribution in [-0.4, -0.2) is 16.2 Å². The molecule has 0 aromatic heterocycles. The highest BCUT2D eigenvalue weighted by atomic mass is 16.4. The number of benzene rings is 1. The summed E-state index contributed by atoms with van der Waals surface area (Å²) < 4.78 is 0. The lowest BCUT2D eigenvalue weighted by Crippen LogP contribution is -2.14. The molecule has 0 aliphatic heterocycles. The fraction of sp³-hybridized carbons (Fsp3) is 0.533. The molecule has 1 fully saturated rings. The van der Waals surface area contributed by atoms with Crippen LogP contribution in [0.4, 0.5) is 0 Å². The Bertz CT molecular complexity index is 501. The summed E-state index contributed by atoms with van der Waals surface area (Å²) in [5.41, 5.74) is 3.13. The van der Waals surface area contributed by atoms with Crippen LogP contribution in [0.15, 0.2) is 12.1 Å². The number of aryl methyl sites for hydroxylation is 2. The smallest absolute Gasteiger partial charge is 0.304 e. The van der Waals surface area contributed by atoms with Gasteiger partial charge in [-0.25, -0.2) is 0 Å². The molecule has 0 radical (unpaired) electrons. The van der Waals surface area contributed by atoms with Crippen molar-refractivity contribution in [3.05, 3.63) is 28.8 Å². The maximum Gasteiger partial charge on any atom is 0.304 e. The van der Waals surface area contributed by atoms with E-state index in [0.29, 0.717) is 5.75 Å². The zero-order valence-corrected chi connectivity index (χ0v) is 10.4. The molecule has 1 aromatic rings. The van der Waals surface area contributed by atoms with Crippen LogP contribution >= 0.6 is 0 Å². The van der Waals surface area contributed by atoms with E-state index >= 15 is 0 Å². The maximum atomic E-state index is 10.9. The fourth-order valence-corrected chi connectivity index (χ4v) is 3.18. The summed E-state index contributed by atoms with van der Waals surface area (Å²) in [7, 11) is 0. The Morgan fingerprint density at radius 1 is 1.17 bits per heavy atom. The molecule has 96 valence electrons. The van der Waals surface area contributed by atoms with Crippen molar-refractivity contribution >= 4 is 5.97 Å². The van der Waals surface area contributed by atoms with Crippen LogP contribution in [0.5, 0.6) is 5.75 Å². The van der Waals surface area contributed by atoms with Crippen molar-refractivity contribution in [2.75, 3.05) is 0 Å². The van der Waals surface area contributed by atoms with Gasteiger partial charge in [0.15, 0.2) is 0 Å². The summed E-state index contributed by atoms with van der Waals surface area (Å²) in [6.45, 7) is 0. The molecule has 3 heteroatoms. The molecule has 0 unspecified atom stereocenters. The Hall–Kier alpha value is -1.51. The highest BCUT2D eigenvalue weighted by molar-refractivity contribution is 5.70. The standard InChI is InChI=1S/C15H18O3/c16-13-8-11-4-2-1-3-10(11)7-12(13)15(5-6-15)9-14(17)18/h7-8,16H,1-6,9H2,(H,17,18). The van der Waals surface area contributed by atoms with Crippen molar-refractivity contribution in [3.63, 3.8) is 0 Å². The number of carbonyl (C=O) groups is 1. The van der Waals surface area contributed by atoms with Gasteiger partial charge >= 0.3 is 5.97 Å². The Balaban J connectivity index is 1.99. The second-order valence-electron chi connectivity index (χ2n) is 5.70. The van der Waals surface area contributed by atoms with E-state index in [1.165, 1.54) is 24.0 Å². The summed E-state index contributed by atoms with van der Waals surface area (Å²) in [4.78, 5) is 10.9. The number of fused-ring (bicyclic) bond motifs is 1. The van der Waals surface area contributed by atoms with E-state index in [0.717, 1.165) is 31.2 Å². The molecular weight excluding hydrogens is 228 g/mol. The van der Waals surface area contributed by atoms with E-state index in [9.17, 15) is 9.90 Å². The van der Waals surface area contributed by atoms with Gasteiger partial charge in [-0.05, 0) is 55.7 Å². The first-order valence-electron chi connectivity index (χ1n) is 6.68. The molecule has 0 saturated heterocycles. The van der Waals surface area contributed by atoms with Gasteiger partial charge in [-0.3, -0.25) is 4.79 Å². The van der Waals surface area contributed by atoms with E-state index < -0.39 is 5.97 Å². The third-order valence-corrected chi connectivity index (χ3v) is 4.37. The highest BCUT2D eigenvalue weighted by Crippen LogP contribution is 2.54. The number of rotatable bonds is 3. The number of aliphatic carboxylic acids is 1. The quantitative estimate of drug-likeness (QED) is 0.862. The maximum absolute atomic E-state index is 10.9. The Morgan fingerprint density at radius 3 is 2.33 bits per heavy atom. The summed E-state index contributed by atoms with van der Waals surface area (Å²) >= 11 is 0. The number of aromatic hydroxyl groups is 1. The molecule has 2 aliphatic carbocycles. The van der Waals surface area contributed by atoms with Crippen molar-refractivity contribution in [1.29, 1.82) is 0 Å². The lowest BCUT2D eigenvalue weighted by molar-refractivity contribution is -0.137. The minimum Gasteiger partial charge on any atom is -0.508 e. The molecule has 3 nitrogen and oxygen atoms in total. The van der Waals surface area contributed by atoms with Gasteiger partial charge in [0.05, 0.1) is 6.42 Å². The molecule has 0 atom stereocenters. The molecule has 0 spiro atoms. The number of hydrogen-bond donors (Lipinski definition) is 2. The summed E-state index contributed by atoms with van der Waals surface area (Å²) in [6.07, 6.45) is 6.38. The minimum absolute atomic E-state index is 0.138. The van der Waals surface area contributed by atoms with Gasteiger partial charge in [0.1, 0.15) is 5.75 Å². The molecule has 18 heavy (non-hydrogen) atoms. The van der Waals surface area contributed by atoms with Crippen LogP contribution < -0.4 is 0 Å². The Kier molecular flexibility index (Phi) is 2.58. The number of hydrogen-bond acceptors (Lipinski definition) is 2. The van der Waals surface area contributed by atoms with Crippen molar-refractivity contribution < 1.29 is 15.0 Å². The van der Waals surface area contributed by atoms with Crippen LogP contribution in [0.3, 0.4) is 0 Å². The minimum atomic E-state index is -0.773. The first-order chi connectivity index (χ1) is 8.61. The summed E-state index contributed by atoms with van der Waals surface area (Å²) in [5, 5.41) is 19.2. The van der Waals surface area contributed by atoms with Crippen LogP contribution in [-0.2, 0) is 23.1 Å². The van der Waals surface area contributed by atoms with Gasteiger partial charge in [0.2, 0.25) is 0 Å². The van der Waals surface area contributed by atoms with E-state index in [1.54, 1.807) is 0 Å². The average Bonchev–Trinajstić information content (AvgIpc) is 3.08. The lowest BCUT2D eigenvalue weighted by atomic mass is 9.84. The number of carboxylic acids is 1. The molecule has 1 saturated carbocycles. The first-order valence-corrected chi connectivity index (χ1v) is 6.68. The molecular formula is C15H18O3. The monoisotopic (exact) mass is 246 g/mol. The third-order valence-electron chi connectivity index (χ3n) is 4.37. The molecule has 0 amide bonds. The van der Waals surface area contributed by atoms with E-state index in [-0.39, 0.29) is 11.8 Å². The topological polar surface area (TPSA) is 57.5 Å². The van der Waals surface area contributed by atoms with Crippen LogP contribution in [0.2, 0.25) is 0 Å². The summed E-state index contributed by atoms with van der Waals surface area (Å²) in [5.74, 6) is -0.473. The summed E-state index contributed by atoms with van der Waals surface area (Å²) in [6, 6.07) is 3.94. The van der Waals surface area contributed by atoms with E-state index in [2.05, 4.69) is 6.07 Å².